The summed E-state index contributed by atoms with van der Waals surface area (Å²) in [6.45, 7) is 3.76. The number of piperidine rings is 1. The quantitative estimate of drug-likeness (QED) is 0.720. The Morgan fingerprint density at radius 3 is 3.11 bits per heavy atom. The average molecular weight is 270 g/mol. The third-order valence-corrected chi connectivity index (χ3v) is 3.20. The van der Waals surface area contributed by atoms with E-state index in [-0.39, 0.29) is 6.10 Å². The van der Waals surface area contributed by atoms with Gasteiger partial charge in [-0.2, -0.15) is 0 Å². The van der Waals surface area contributed by atoms with Gasteiger partial charge in [-0.15, -0.1) is 5.10 Å². The van der Waals surface area contributed by atoms with E-state index in [9.17, 15) is 0 Å². The molecular formula is C12H22N4O3. The second-order valence-electron chi connectivity index (χ2n) is 4.59. The molecule has 19 heavy (non-hydrogen) atoms. The summed E-state index contributed by atoms with van der Waals surface area (Å²) in [4.78, 5) is 2.09. The molecule has 2 rings (SSSR count). The lowest BCUT2D eigenvalue weighted by Crippen LogP contribution is -2.39. The zero-order valence-corrected chi connectivity index (χ0v) is 11.6. The van der Waals surface area contributed by atoms with E-state index >= 15 is 0 Å². The van der Waals surface area contributed by atoms with E-state index in [0.29, 0.717) is 25.1 Å². The van der Waals surface area contributed by atoms with Gasteiger partial charge in [0.2, 0.25) is 5.89 Å². The van der Waals surface area contributed by atoms with Crippen LogP contribution >= 0.6 is 0 Å². The summed E-state index contributed by atoms with van der Waals surface area (Å²) >= 11 is 0. The van der Waals surface area contributed by atoms with Gasteiger partial charge in [0.05, 0.1) is 19.3 Å². The Bertz CT molecular complexity index is 372. The van der Waals surface area contributed by atoms with E-state index in [1.807, 2.05) is 0 Å². The van der Waals surface area contributed by atoms with Gasteiger partial charge in [-0.25, -0.2) is 0 Å². The van der Waals surface area contributed by atoms with E-state index < -0.39 is 0 Å². The molecule has 1 fully saturated rings. The Morgan fingerprint density at radius 1 is 1.42 bits per heavy atom. The number of aromatic nitrogens is 2. The molecule has 1 unspecified atom stereocenters. The van der Waals surface area contributed by atoms with Crippen LogP contribution in [0, 0.1) is 0 Å². The van der Waals surface area contributed by atoms with Crippen LogP contribution in [0.15, 0.2) is 4.42 Å². The number of nitrogens with zero attached hydrogens (tertiary/aromatic N) is 3. The smallest absolute Gasteiger partial charge is 0.318 e. The number of methoxy groups -OCH3 is 2. The fourth-order valence-electron chi connectivity index (χ4n) is 2.12. The molecular weight excluding hydrogens is 248 g/mol. The highest BCUT2D eigenvalue weighted by molar-refractivity contribution is 5.25. The number of hydrogen-bond acceptors (Lipinski definition) is 7. The Kier molecular flexibility index (Phi) is 5.56. The fourth-order valence-corrected chi connectivity index (χ4v) is 2.12. The first kappa shape index (κ1) is 14.2. The molecule has 0 bridgehead atoms. The normalized spacial score (nSPS) is 19.9. The van der Waals surface area contributed by atoms with Crippen molar-refractivity contribution in [3.63, 3.8) is 0 Å². The van der Waals surface area contributed by atoms with Crippen LogP contribution in [0.5, 0.6) is 0 Å². The van der Waals surface area contributed by atoms with Crippen molar-refractivity contribution < 1.29 is 13.9 Å². The SMILES string of the molecule is COCCNCc1nnc(N2CCCC(OC)C2)o1. The van der Waals surface area contributed by atoms with Gasteiger partial charge >= 0.3 is 6.01 Å². The van der Waals surface area contributed by atoms with Gasteiger partial charge in [0.25, 0.3) is 0 Å². The maximum atomic E-state index is 5.64. The van der Waals surface area contributed by atoms with E-state index in [4.69, 9.17) is 13.9 Å². The molecule has 1 aromatic heterocycles. The molecule has 0 radical (unpaired) electrons. The Balaban J connectivity index is 1.82. The first-order valence-corrected chi connectivity index (χ1v) is 6.63. The van der Waals surface area contributed by atoms with Crippen LogP contribution in [-0.4, -0.2) is 56.8 Å². The first-order valence-electron chi connectivity index (χ1n) is 6.63. The van der Waals surface area contributed by atoms with Crippen molar-refractivity contribution in [1.29, 1.82) is 0 Å². The third-order valence-electron chi connectivity index (χ3n) is 3.20. The predicted octanol–water partition coefficient (Wildman–Crippen LogP) is 0.421. The molecule has 2 heterocycles. The predicted molar refractivity (Wildman–Crippen MR) is 70.1 cm³/mol. The summed E-state index contributed by atoms with van der Waals surface area (Å²) in [5.74, 6) is 0.602. The lowest BCUT2D eigenvalue weighted by atomic mass is 10.1. The molecule has 1 aromatic rings. The summed E-state index contributed by atoms with van der Waals surface area (Å²) in [5.41, 5.74) is 0. The van der Waals surface area contributed by atoms with Gasteiger partial charge in [0.15, 0.2) is 0 Å². The highest BCUT2D eigenvalue weighted by atomic mass is 16.5. The van der Waals surface area contributed by atoms with E-state index in [2.05, 4.69) is 20.4 Å². The largest absolute Gasteiger partial charge is 0.407 e. The summed E-state index contributed by atoms with van der Waals surface area (Å²) < 4.78 is 16.0. The zero-order valence-electron chi connectivity index (χ0n) is 11.6. The molecule has 0 saturated carbocycles. The summed E-state index contributed by atoms with van der Waals surface area (Å²) in [7, 11) is 3.42. The lowest BCUT2D eigenvalue weighted by molar-refractivity contribution is 0.0879. The molecule has 1 N–H and O–H groups in total. The van der Waals surface area contributed by atoms with Gasteiger partial charge in [0, 0.05) is 33.9 Å². The fraction of sp³-hybridized carbons (Fsp3) is 0.833. The Morgan fingerprint density at radius 2 is 2.32 bits per heavy atom. The molecule has 1 saturated heterocycles. The average Bonchev–Trinajstić information content (AvgIpc) is 2.92. The van der Waals surface area contributed by atoms with Crippen LogP contribution in [-0.2, 0) is 16.0 Å². The highest BCUT2D eigenvalue weighted by Crippen LogP contribution is 2.19. The first-order chi connectivity index (χ1) is 9.33. The topological polar surface area (TPSA) is 72.7 Å². The summed E-state index contributed by atoms with van der Waals surface area (Å²) in [6, 6.07) is 0.588. The van der Waals surface area contributed by atoms with Crippen LogP contribution in [0.4, 0.5) is 6.01 Å². The van der Waals surface area contributed by atoms with Gasteiger partial charge in [-0.05, 0) is 12.8 Å². The highest BCUT2D eigenvalue weighted by Gasteiger charge is 2.23. The van der Waals surface area contributed by atoms with Crippen LogP contribution < -0.4 is 10.2 Å². The maximum Gasteiger partial charge on any atom is 0.318 e. The standard InChI is InChI=1S/C12H22N4O3/c1-17-7-5-13-8-11-14-15-12(19-11)16-6-3-4-10(9-16)18-2/h10,13H,3-9H2,1-2H3. The van der Waals surface area contributed by atoms with Crippen molar-refractivity contribution in [3.05, 3.63) is 5.89 Å². The second kappa shape index (κ2) is 7.42. The molecule has 1 aliphatic heterocycles. The molecule has 0 amide bonds. The molecule has 7 nitrogen and oxygen atoms in total. The van der Waals surface area contributed by atoms with Crippen molar-refractivity contribution in [1.82, 2.24) is 15.5 Å². The summed E-state index contributed by atoms with van der Waals surface area (Å²) in [5, 5.41) is 11.3. The van der Waals surface area contributed by atoms with Crippen molar-refractivity contribution in [3.8, 4) is 0 Å². The van der Waals surface area contributed by atoms with Crippen molar-refractivity contribution in [2.75, 3.05) is 45.4 Å². The molecule has 108 valence electrons. The number of anilines is 1. The maximum absolute atomic E-state index is 5.64. The number of hydrogen-bond donors (Lipinski definition) is 1. The summed E-state index contributed by atoms with van der Waals surface area (Å²) in [6.07, 6.45) is 2.43. The van der Waals surface area contributed by atoms with Crippen LogP contribution in [0.2, 0.25) is 0 Å². The minimum absolute atomic E-state index is 0.254. The Labute approximate surface area is 113 Å². The molecule has 0 aliphatic carbocycles. The van der Waals surface area contributed by atoms with Gasteiger partial charge in [-0.3, -0.25) is 0 Å². The van der Waals surface area contributed by atoms with Crippen molar-refractivity contribution >= 4 is 6.01 Å². The van der Waals surface area contributed by atoms with Gasteiger partial charge < -0.3 is 24.1 Å². The minimum Gasteiger partial charge on any atom is -0.407 e. The lowest BCUT2D eigenvalue weighted by Gasteiger charge is -2.30. The van der Waals surface area contributed by atoms with Crippen molar-refractivity contribution in [2.45, 2.75) is 25.5 Å². The molecule has 1 aliphatic rings. The second-order valence-corrected chi connectivity index (χ2v) is 4.59. The Hall–Kier alpha value is -1.18. The minimum atomic E-state index is 0.254. The van der Waals surface area contributed by atoms with E-state index in [0.717, 1.165) is 32.5 Å². The third kappa shape index (κ3) is 4.15. The van der Waals surface area contributed by atoms with E-state index in [1.165, 1.54) is 0 Å². The zero-order chi connectivity index (χ0) is 13.5. The van der Waals surface area contributed by atoms with Crippen LogP contribution in [0.3, 0.4) is 0 Å². The molecule has 0 spiro atoms. The van der Waals surface area contributed by atoms with Crippen molar-refractivity contribution in [2.24, 2.45) is 0 Å². The van der Waals surface area contributed by atoms with Gasteiger partial charge in [-0.1, -0.05) is 5.10 Å². The monoisotopic (exact) mass is 270 g/mol. The number of rotatable bonds is 7. The van der Waals surface area contributed by atoms with E-state index in [1.54, 1.807) is 14.2 Å². The molecule has 0 aromatic carbocycles. The van der Waals surface area contributed by atoms with Crippen LogP contribution in [0.1, 0.15) is 18.7 Å². The number of nitrogens with one attached hydrogen (secondary N) is 1. The van der Waals surface area contributed by atoms with Gasteiger partial charge in [0.1, 0.15) is 0 Å². The number of ether oxygens (including phenoxy) is 2. The van der Waals surface area contributed by atoms with Crippen LogP contribution in [0.25, 0.3) is 0 Å². The molecule has 7 heteroatoms. The molecule has 1 atom stereocenters.